The van der Waals surface area contributed by atoms with E-state index in [-0.39, 0.29) is 0 Å². The summed E-state index contributed by atoms with van der Waals surface area (Å²) in [6, 6.07) is 79.3. The van der Waals surface area contributed by atoms with Crippen LogP contribution in [0.1, 0.15) is 0 Å². The van der Waals surface area contributed by atoms with Crippen LogP contribution in [0.15, 0.2) is 218 Å². The lowest BCUT2D eigenvalue weighted by molar-refractivity contribution is 1.18. The maximum Gasteiger partial charge on any atom is 0.0640 e. The topological polar surface area (TPSA) is 8.17 Å². The molecule has 11 rings (SSSR count). The van der Waals surface area contributed by atoms with Crippen molar-refractivity contribution in [3.05, 3.63) is 218 Å². The highest BCUT2D eigenvalue weighted by Crippen LogP contribution is 2.51. The van der Waals surface area contributed by atoms with E-state index in [0.717, 1.165) is 22.7 Å². The predicted molar refractivity (Wildman–Crippen MR) is 245 cm³/mol. The molecule has 11 aromatic rings. The number of fused-ring (bicyclic) bond motifs is 6. The summed E-state index contributed by atoms with van der Waals surface area (Å²) in [6.07, 6.45) is 0. The highest BCUT2D eigenvalue weighted by atomic mass is 32.1. The van der Waals surface area contributed by atoms with Gasteiger partial charge in [-0.15, -0.1) is 11.3 Å². The van der Waals surface area contributed by atoms with Crippen LogP contribution in [0.2, 0.25) is 0 Å². The van der Waals surface area contributed by atoms with Crippen molar-refractivity contribution < 1.29 is 0 Å². The summed E-state index contributed by atoms with van der Waals surface area (Å²) in [5, 5.41) is 5.07. The Bertz CT molecular complexity index is 3160. The Kier molecular flexibility index (Phi) is 8.04. The molecule has 0 aliphatic heterocycles. The summed E-state index contributed by atoms with van der Waals surface area (Å²) in [4.78, 5) is 2.51. The van der Waals surface area contributed by atoms with Crippen LogP contribution >= 0.6 is 11.3 Å². The number of hydrogen-bond donors (Lipinski definition) is 0. The zero-order valence-corrected chi connectivity index (χ0v) is 31.9. The van der Waals surface area contributed by atoms with Crippen molar-refractivity contribution in [1.29, 1.82) is 0 Å². The van der Waals surface area contributed by atoms with Crippen molar-refractivity contribution in [3.63, 3.8) is 0 Å². The second-order valence-corrected chi connectivity index (χ2v) is 15.5. The van der Waals surface area contributed by atoms with Gasteiger partial charge in [0.15, 0.2) is 0 Å². The molecule has 268 valence electrons. The largest absolute Gasteiger partial charge is 0.309 e. The lowest BCUT2D eigenvalue weighted by atomic mass is 9.94. The molecule has 2 nitrogen and oxygen atoms in total. The van der Waals surface area contributed by atoms with Crippen molar-refractivity contribution >= 4 is 70.4 Å². The molecular formula is C54H36N2S. The van der Waals surface area contributed by atoms with Gasteiger partial charge < -0.3 is 9.47 Å². The van der Waals surface area contributed by atoms with Crippen LogP contribution in [0.4, 0.5) is 17.1 Å². The molecule has 0 amide bonds. The fourth-order valence-electron chi connectivity index (χ4n) is 8.69. The Labute approximate surface area is 335 Å². The van der Waals surface area contributed by atoms with E-state index in [2.05, 4.69) is 228 Å². The summed E-state index contributed by atoms with van der Waals surface area (Å²) in [5.74, 6) is 0. The molecule has 0 fully saturated rings. The molecule has 0 saturated heterocycles. The Morgan fingerprint density at radius 1 is 0.368 bits per heavy atom. The summed E-state index contributed by atoms with van der Waals surface area (Å²) in [6.45, 7) is 0. The molecule has 57 heavy (non-hydrogen) atoms. The van der Waals surface area contributed by atoms with Gasteiger partial charge in [0, 0.05) is 48.7 Å². The van der Waals surface area contributed by atoms with Crippen molar-refractivity contribution in [2.45, 2.75) is 0 Å². The predicted octanol–water partition coefficient (Wildman–Crippen LogP) is 15.6. The third-order valence-electron chi connectivity index (χ3n) is 11.2. The van der Waals surface area contributed by atoms with E-state index in [1.165, 1.54) is 75.4 Å². The first-order valence-corrected chi connectivity index (χ1v) is 20.3. The molecule has 0 spiro atoms. The first-order chi connectivity index (χ1) is 28.3. The van der Waals surface area contributed by atoms with Crippen LogP contribution in [0.5, 0.6) is 0 Å². The minimum absolute atomic E-state index is 1.10. The number of anilines is 3. The molecule has 2 heterocycles. The number of nitrogens with zero attached hydrogens (tertiary/aromatic N) is 2. The van der Waals surface area contributed by atoms with Crippen molar-refractivity contribution in [3.8, 4) is 39.1 Å². The van der Waals surface area contributed by atoms with Crippen molar-refractivity contribution in [2.75, 3.05) is 4.90 Å². The van der Waals surface area contributed by atoms with Gasteiger partial charge in [0.1, 0.15) is 0 Å². The number of hydrogen-bond acceptors (Lipinski definition) is 2. The Hall–Kier alpha value is -7.20. The maximum atomic E-state index is 2.51. The molecule has 0 unspecified atom stereocenters. The van der Waals surface area contributed by atoms with Gasteiger partial charge in [-0.25, -0.2) is 0 Å². The number of rotatable bonds is 7. The molecule has 0 aliphatic rings. The molecule has 0 N–H and O–H groups in total. The third kappa shape index (κ3) is 5.55. The molecule has 0 bridgehead atoms. The fraction of sp³-hybridized carbons (Fsp3) is 0. The molecular weight excluding hydrogens is 709 g/mol. The zero-order valence-electron chi connectivity index (χ0n) is 31.1. The minimum Gasteiger partial charge on any atom is -0.309 e. The molecule has 0 radical (unpaired) electrons. The van der Waals surface area contributed by atoms with Gasteiger partial charge in [0.25, 0.3) is 0 Å². The summed E-state index contributed by atoms with van der Waals surface area (Å²) < 4.78 is 4.95. The van der Waals surface area contributed by atoms with Crippen molar-refractivity contribution in [2.24, 2.45) is 0 Å². The lowest BCUT2D eigenvalue weighted by Gasteiger charge is -2.31. The van der Waals surface area contributed by atoms with E-state index in [9.17, 15) is 0 Å². The maximum absolute atomic E-state index is 2.51. The zero-order chi connectivity index (χ0) is 37.7. The van der Waals surface area contributed by atoms with E-state index < -0.39 is 0 Å². The van der Waals surface area contributed by atoms with Gasteiger partial charge in [-0.2, -0.15) is 0 Å². The van der Waals surface area contributed by atoms with Gasteiger partial charge in [0.2, 0.25) is 0 Å². The second kappa shape index (κ2) is 13.8. The van der Waals surface area contributed by atoms with E-state index in [1.807, 2.05) is 11.3 Å². The SMILES string of the molecule is c1ccc(-c2cccc(-c3ccccc3)c2N(c2ccc(-c3cccc4c3c3ccccc3n4-c3ccccc3)cc2)c2cccc3c2sc2ccccc23)cc1. The second-order valence-electron chi connectivity index (χ2n) is 14.5. The monoisotopic (exact) mass is 744 g/mol. The molecule has 9 aromatic carbocycles. The fourth-order valence-corrected chi connectivity index (χ4v) is 9.89. The van der Waals surface area contributed by atoms with Gasteiger partial charge in [0.05, 0.1) is 27.1 Å². The number of thiophene rings is 1. The van der Waals surface area contributed by atoms with E-state index in [1.54, 1.807) is 0 Å². The average Bonchev–Trinajstić information content (AvgIpc) is 3.84. The molecule has 2 aromatic heterocycles. The highest BCUT2D eigenvalue weighted by Gasteiger charge is 2.25. The van der Waals surface area contributed by atoms with Gasteiger partial charge in [-0.05, 0) is 70.8 Å². The van der Waals surface area contributed by atoms with Gasteiger partial charge in [-0.1, -0.05) is 170 Å². The molecule has 0 aliphatic carbocycles. The van der Waals surface area contributed by atoms with Crippen LogP contribution < -0.4 is 4.90 Å². The van der Waals surface area contributed by atoms with E-state index in [4.69, 9.17) is 0 Å². The van der Waals surface area contributed by atoms with E-state index in [0.29, 0.717) is 0 Å². The summed E-state index contributed by atoms with van der Waals surface area (Å²) >= 11 is 1.87. The number of para-hydroxylation sites is 3. The molecule has 0 saturated carbocycles. The van der Waals surface area contributed by atoms with Gasteiger partial charge >= 0.3 is 0 Å². The smallest absolute Gasteiger partial charge is 0.0640 e. The standard InChI is InChI=1S/C54H36N2S/c1-4-17-37(18-5-1)43-26-14-27-44(38-19-6-2-7-20-38)53(43)56(50-31-16-28-46-45-23-11-13-32-51(45)57-54(46)50)41-35-33-39(34-36-41)42-25-15-30-49-52(42)47-24-10-12-29-48(47)55(49)40-21-8-3-9-22-40/h1-36H. The summed E-state index contributed by atoms with van der Waals surface area (Å²) in [5.41, 5.74) is 14.1. The highest BCUT2D eigenvalue weighted by molar-refractivity contribution is 7.26. The minimum atomic E-state index is 1.10. The molecule has 3 heteroatoms. The quantitative estimate of drug-likeness (QED) is 0.158. The third-order valence-corrected chi connectivity index (χ3v) is 12.4. The first kappa shape index (κ1) is 33.2. The first-order valence-electron chi connectivity index (χ1n) is 19.4. The van der Waals surface area contributed by atoms with Crippen molar-refractivity contribution in [1.82, 2.24) is 4.57 Å². The lowest BCUT2D eigenvalue weighted by Crippen LogP contribution is -2.13. The average molecular weight is 745 g/mol. The summed E-state index contributed by atoms with van der Waals surface area (Å²) in [7, 11) is 0. The number of aromatic nitrogens is 1. The number of benzene rings is 9. The van der Waals surface area contributed by atoms with Gasteiger partial charge in [-0.3, -0.25) is 0 Å². The van der Waals surface area contributed by atoms with Crippen LogP contribution in [0.3, 0.4) is 0 Å². The van der Waals surface area contributed by atoms with Crippen LogP contribution in [-0.4, -0.2) is 4.57 Å². The van der Waals surface area contributed by atoms with Crippen LogP contribution in [0.25, 0.3) is 81.0 Å². The normalized spacial score (nSPS) is 11.5. The van der Waals surface area contributed by atoms with Crippen LogP contribution in [-0.2, 0) is 0 Å². The Morgan fingerprint density at radius 2 is 0.895 bits per heavy atom. The van der Waals surface area contributed by atoms with Crippen LogP contribution in [0, 0.1) is 0 Å². The Balaban J connectivity index is 1.16. The Morgan fingerprint density at radius 3 is 1.61 bits per heavy atom. The molecule has 0 atom stereocenters. The van der Waals surface area contributed by atoms with E-state index >= 15 is 0 Å².